The summed E-state index contributed by atoms with van der Waals surface area (Å²) in [6, 6.07) is 0.422. The molecule has 4 N–H and O–H groups in total. The van der Waals surface area contributed by atoms with Crippen LogP contribution >= 0.6 is 0 Å². The summed E-state index contributed by atoms with van der Waals surface area (Å²) in [6.45, 7) is 6.11. The van der Waals surface area contributed by atoms with Gasteiger partial charge < -0.3 is 26.0 Å². The number of hydrogen-bond acceptors (Lipinski definition) is 7. The molecule has 1 aromatic heterocycles. The molecule has 0 radical (unpaired) electrons. The summed E-state index contributed by atoms with van der Waals surface area (Å²) in [5.74, 6) is 0.615. The first kappa shape index (κ1) is 22.3. The topological polar surface area (TPSA) is 122 Å². The number of ether oxygens (including phenoxy) is 1. The van der Waals surface area contributed by atoms with Crippen LogP contribution in [0.5, 0.6) is 0 Å². The average Bonchev–Trinajstić information content (AvgIpc) is 2.75. The zero-order valence-electron chi connectivity index (χ0n) is 18.0. The van der Waals surface area contributed by atoms with E-state index in [4.69, 9.17) is 10.5 Å². The summed E-state index contributed by atoms with van der Waals surface area (Å²) in [6.07, 6.45) is 7.92. The highest BCUT2D eigenvalue weighted by Crippen LogP contribution is 2.25. The molecule has 2 aliphatic rings. The van der Waals surface area contributed by atoms with Crippen molar-refractivity contribution in [1.29, 1.82) is 0 Å². The van der Waals surface area contributed by atoms with Gasteiger partial charge >= 0.3 is 0 Å². The number of nitrogens with one attached hydrogen (secondary N) is 2. The molecule has 0 spiro atoms. The minimum absolute atomic E-state index is 0.194. The second-order valence-electron chi connectivity index (χ2n) is 8.05. The largest absolute Gasteiger partial charge is 0.379 e. The average molecular weight is 419 g/mol. The van der Waals surface area contributed by atoms with E-state index in [-0.39, 0.29) is 18.0 Å². The number of nitrogens with two attached hydrogens (primary N) is 1. The molecule has 2 heterocycles. The predicted molar refractivity (Wildman–Crippen MR) is 115 cm³/mol. The van der Waals surface area contributed by atoms with Gasteiger partial charge in [0.2, 0.25) is 11.9 Å². The minimum Gasteiger partial charge on any atom is -0.379 e. The van der Waals surface area contributed by atoms with E-state index in [0.717, 1.165) is 58.2 Å². The first-order valence-electron chi connectivity index (χ1n) is 11.1. The maximum absolute atomic E-state index is 11.9. The lowest BCUT2D eigenvalue weighted by Gasteiger charge is -2.32. The van der Waals surface area contributed by atoms with Crippen molar-refractivity contribution in [3.05, 3.63) is 11.8 Å². The second kappa shape index (κ2) is 10.6. The number of piperidine rings is 1. The van der Waals surface area contributed by atoms with E-state index < -0.39 is 5.91 Å². The van der Waals surface area contributed by atoms with Gasteiger partial charge in [0.25, 0.3) is 5.91 Å². The molecule has 3 rings (SSSR count). The lowest BCUT2D eigenvalue weighted by atomic mass is 9.93. The minimum atomic E-state index is -0.543. The van der Waals surface area contributed by atoms with Gasteiger partial charge in [-0.3, -0.25) is 9.59 Å². The molecule has 0 aromatic carbocycles. The lowest BCUT2D eigenvalue weighted by Crippen LogP contribution is -2.42. The van der Waals surface area contributed by atoms with E-state index >= 15 is 0 Å². The van der Waals surface area contributed by atoms with Crippen molar-refractivity contribution in [1.82, 2.24) is 14.9 Å². The number of carbonyl (C=O) groups excluding carboxylic acids is 2. The van der Waals surface area contributed by atoms with Crippen molar-refractivity contribution in [3.8, 4) is 0 Å². The number of anilines is 2. The number of carbonyl (C=O) groups is 2. The van der Waals surface area contributed by atoms with Gasteiger partial charge in [-0.25, -0.2) is 4.98 Å². The molecule has 1 aliphatic carbocycles. The second-order valence-corrected chi connectivity index (χ2v) is 8.05. The monoisotopic (exact) mass is 418 g/mol. The standard InChI is InChI=1S/C21H34N6O3/c1-3-18(28)27-11-9-15(10-12-27)25-21-23-13-17(19(22)29)20(26-21)24-14-5-7-16(8-6-14)30-4-2/h13-16H,3-12H2,1-2H3,(H2,22,29)(H2,23,24,25,26)/t14-,16+. The third-order valence-corrected chi connectivity index (χ3v) is 5.95. The highest BCUT2D eigenvalue weighted by atomic mass is 16.5. The van der Waals surface area contributed by atoms with Crippen LogP contribution in [0.1, 0.15) is 69.2 Å². The zero-order valence-corrected chi connectivity index (χ0v) is 18.0. The van der Waals surface area contributed by atoms with Crippen molar-refractivity contribution in [2.45, 2.75) is 77.0 Å². The molecule has 9 heteroatoms. The van der Waals surface area contributed by atoms with Gasteiger partial charge in [0.1, 0.15) is 5.82 Å². The van der Waals surface area contributed by atoms with Crippen LogP contribution < -0.4 is 16.4 Å². The van der Waals surface area contributed by atoms with Gasteiger partial charge in [0, 0.05) is 44.4 Å². The van der Waals surface area contributed by atoms with Crippen molar-refractivity contribution < 1.29 is 14.3 Å². The van der Waals surface area contributed by atoms with Crippen molar-refractivity contribution >= 4 is 23.6 Å². The number of likely N-dealkylation sites (tertiary alicyclic amines) is 1. The number of hydrogen-bond donors (Lipinski definition) is 3. The molecule has 2 amide bonds. The molecule has 30 heavy (non-hydrogen) atoms. The zero-order chi connectivity index (χ0) is 21.5. The maximum atomic E-state index is 11.9. The van der Waals surface area contributed by atoms with Crippen LogP contribution in [0, 0.1) is 0 Å². The summed E-state index contributed by atoms with van der Waals surface area (Å²) < 4.78 is 5.71. The predicted octanol–water partition coefficient (Wildman–Crippen LogP) is 2.15. The van der Waals surface area contributed by atoms with E-state index in [2.05, 4.69) is 20.6 Å². The Bertz CT molecular complexity index is 727. The van der Waals surface area contributed by atoms with Crippen LogP contribution in [0.4, 0.5) is 11.8 Å². The van der Waals surface area contributed by atoms with Crippen molar-refractivity contribution in [2.75, 3.05) is 30.3 Å². The van der Waals surface area contributed by atoms with E-state index in [0.29, 0.717) is 29.9 Å². The fourth-order valence-electron chi connectivity index (χ4n) is 4.22. The fourth-order valence-corrected chi connectivity index (χ4v) is 4.22. The van der Waals surface area contributed by atoms with Crippen molar-refractivity contribution in [2.24, 2.45) is 5.73 Å². The Labute approximate surface area is 178 Å². The molecule has 0 bridgehead atoms. The van der Waals surface area contributed by atoms with E-state index in [1.807, 2.05) is 18.7 Å². The summed E-state index contributed by atoms with van der Waals surface area (Å²) >= 11 is 0. The Kier molecular flexibility index (Phi) is 7.84. The third-order valence-electron chi connectivity index (χ3n) is 5.95. The SMILES string of the molecule is CCO[C@H]1CC[C@@H](Nc2nc(NC3CCN(C(=O)CC)CC3)ncc2C(N)=O)CC1. The van der Waals surface area contributed by atoms with Gasteiger partial charge in [-0.05, 0) is 45.4 Å². The molecule has 1 aromatic rings. The molecular weight excluding hydrogens is 384 g/mol. The molecule has 1 saturated carbocycles. The molecular formula is C21H34N6O3. The van der Waals surface area contributed by atoms with Gasteiger partial charge in [0.05, 0.1) is 11.7 Å². The quantitative estimate of drug-likeness (QED) is 0.591. The number of rotatable bonds is 8. The smallest absolute Gasteiger partial charge is 0.254 e. The Morgan fingerprint density at radius 2 is 1.77 bits per heavy atom. The Hall–Kier alpha value is -2.42. The van der Waals surface area contributed by atoms with Crippen molar-refractivity contribution in [3.63, 3.8) is 0 Å². The van der Waals surface area contributed by atoms with Crippen LogP contribution in [-0.2, 0) is 9.53 Å². The molecule has 0 unspecified atom stereocenters. The number of amides is 2. The summed E-state index contributed by atoms with van der Waals surface area (Å²) in [5.41, 5.74) is 5.84. The highest BCUT2D eigenvalue weighted by molar-refractivity contribution is 5.97. The fraction of sp³-hybridized carbons (Fsp3) is 0.714. The molecule has 166 valence electrons. The Balaban J connectivity index is 1.61. The van der Waals surface area contributed by atoms with Crippen LogP contribution in [0.15, 0.2) is 6.20 Å². The van der Waals surface area contributed by atoms with E-state index in [1.54, 1.807) is 0 Å². The van der Waals surface area contributed by atoms with Gasteiger partial charge in [-0.1, -0.05) is 6.92 Å². The van der Waals surface area contributed by atoms with Gasteiger partial charge in [-0.2, -0.15) is 4.98 Å². The highest BCUT2D eigenvalue weighted by Gasteiger charge is 2.25. The summed E-state index contributed by atoms with van der Waals surface area (Å²) in [7, 11) is 0. The van der Waals surface area contributed by atoms with Gasteiger partial charge in [-0.15, -0.1) is 0 Å². The molecule has 0 atom stereocenters. The summed E-state index contributed by atoms with van der Waals surface area (Å²) in [5, 5.41) is 6.75. The number of aromatic nitrogens is 2. The van der Waals surface area contributed by atoms with E-state index in [1.165, 1.54) is 6.20 Å². The lowest BCUT2D eigenvalue weighted by molar-refractivity contribution is -0.131. The molecule has 1 aliphatic heterocycles. The van der Waals surface area contributed by atoms with Gasteiger partial charge in [0.15, 0.2) is 0 Å². The van der Waals surface area contributed by atoms with Crippen LogP contribution in [0.25, 0.3) is 0 Å². The molecule has 1 saturated heterocycles. The maximum Gasteiger partial charge on any atom is 0.254 e. The molecule has 9 nitrogen and oxygen atoms in total. The normalized spacial score (nSPS) is 22.5. The van der Waals surface area contributed by atoms with E-state index in [9.17, 15) is 9.59 Å². The summed E-state index contributed by atoms with van der Waals surface area (Å²) in [4.78, 5) is 34.5. The molecule has 2 fully saturated rings. The Morgan fingerprint density at radius 3 is 2.37 bits per heavy atom. The third kappa shape index (κ3) is 5.81. The Morgan fingerprint density at radius 1 is 1.10 bits per heavy atom. The van der Waals surface area contributed by atoms with Crippen LogP contribution in [0.3, 0.4) is 0 Å². The number of nitrogens with zero attached hydrogens (tertiary/aromatic N) is 3. The first-order chi connectivity index (χ1) is 14.5. The van der Waals surface area contributed by atoms with Crippen LogP contribution in [0.2, 0.25) is 0 Å². The van der Waals surface area contributed by atoms with Crippen LogP contribution in [-0.4, -0.2) is 64.6 Å². The first-order valence-corrected chi connectivity index (χ1v) is 11.1. The number of primary amides is 1.